The summed E-state index contributed by atoms with van der Waals surface area (Å²) < 4.78 is 38.2. The van der Waals surface area contributed by atoms with Crippen LogP contribution in [-0.4, -0.2) is 52.8 Å². The Kier molecular flexibility index (Phi) is 5.49. The van der Waals surface area contributed by atoms with Gasteiger partial charge in [-0.15, -0.1) is 0 Å². The number of para-hydroxylation sites is 1. The molecule has 164 valence electrons. The molecule has 0 saturated carbocycles. The summed E-state index contributed by atoms with van der Waals surface area (Å²) in [7, 11) is -4.46. The van der Waals surface area contributed by atoms with E-state index in [-0.39, 0.29) is 17.7 Å². The number of nitrogens with two attached hydrogens (primary N) is 2. The lowest BCUT2D eigenvalue weighted by Crippen LogP contribution is -2.36. The summed E-state index contributed by atoms with van der Waals surface area (Å²) in [5.41, 5.74) is 13.1. The normalized spacial score (nSPS) is 21.4. The van der Waals surface area contributed by atoms with E-state index < -0.39 is 41.3 Å². The van der Waals surface area contributed by atoms with E-state index >= 15 is 0 Å². The van der Waals surface area contributed by atoms with Gasteiger partial charge < -0.3 is 21.3 Å². The maximum Gasteiger partial charge on any atom is 0.362 e. The molecule has 1 saturated heterocycles. The third-order valence-electron chi connectivity index (χ3n) is 4.82. The van der Waals surface area contributed by atoms with Crippen LogP contribution in [0.3, 0.4) is 0 Å². The molecule has 0 bridgehead atoms. The van der Waals surface area contributed by atoms with Gasteiger partial charge in [0.1, 0.15) is 17.8 Å². The van der Waals surface area contributed by atoms with E-state index in [9.17, 15) is 18.3 Å². The van der Waals surface area contributed by atoms with Gasteiger partial charge in [-0.2, -0.15) is 8.42 Å². The average molecular weight is 448 g/mol. The number of carbonyl (C=O) groups is 1. The van der Waals surface area contributed by atoms with E-state index in [0.29, 0.717) is 16.9 Å². The van der Waals surface area contributed by atoms with E-state index in [1.807, 2.05) is 0 Å². The molecule has 3 atom stereocenters. The minimum absolute atomic E-state index is 0.00866. The minimum atomic E-state index is -4.46. The molecule has 4 rings (SSSR count). The van der Waals surface area contributed by atoms with Gasteiger partial charge >= 0.3 is 10.3 Å². The number of amides is 1. The number of imidazole rings is 1. The molecule has 13 heteroatoms. The molecule has 1 aliphatic rings. The number of carbonyl (C=O) groups excluding carboxylic acids is 1. The Balaban J connectivity index is 1.40. The molecule has 12 nitrogen and oxygen atoms in total. The predicted octanol–water partition coefficient (Wildman–Crippen LogP) is -0.0645. The number of nitrogens with one attached hydrogen (secondary N) is 1. The molecule has 0 radical (unpaired) electrons. The summed E-state index contributed by atoms with van der Waals surface area (Å²) in [6.45, 7) is -0.507. The number of benzene rings is 1. The average Bonchev–Trinajstić information content (AvgIpc) is 3.30. The van der Waals surface area contributed by atoms with Crippen LogP contribution >= 0.6 is 0 Å². The summed E-state index contributed by atoms with van der Waals surface area (Å²) in [6, 6.07) is 7.62. The zero-order chi connectivity index (χ0) is 22.2. The van der Waals surface area contributed by atoms with Crippen molar-refractivity contribution in [1.29, 1.82) is 0 Å². The summed E-state index contributed by atoms with van der Waals surface area (Å²) in [5, 5.41) is 10.3. The van der Waals surface area contributed by atoms with Crippen molar-refractivity contribution in [3.63, 3.8) is 0 Å². The summed E-state index contributed by atoms with van der Waals surface area (Å²) in [5.74, 6) is -0.933. The van der Waals surface area contributed by atoms with Crippen molar-refractivity contribution in [3.8, 4) is 0 Å². The molecular formula is C18H20N6O6S. The lowest BCUT2D eigenvalue weighted by molar-refractivity contribution is -0.0373. The van der Waals surface area contributed by atoms with Gasteiger partial charge in [0.25, 0.3) is 5.91 Å². The third kappa shape index (κ3) is 4.29. The third-order valence-corrected chi connectivity index (χ3v) is 5.70. The van der Waals surface area contributed by atoms with E-state index in [1.54, 1.807) is 27.5 Å². The number of anilines is 2. The number of nitrogens with zero attached hydrogens (tertiary/aromatic N) is 3. The Morgan fingerprint density at radius 2 is 2.03 bits per heavy atom. The number of aromatic nitrogens is 3. The smallest absolute Gasteiger partial charge is 0.362 e. The molecule has 0 unspecified atom stereocenters. The number of fused-ring (bicyclic) bond motifs is 1. The largest absolute Gasteiger partial charge is 0.398 e. The molecule has 6 N–H and O–H groups in total. The van der Waals surface area contributed by atoms with Crippen LogP contribution in [-0.2, 0) is 19.2 Å². The number of pyridine rings is 1. The molecular weight excluding hydrogens is 428 g/mol. The van der Waals surface area contributed by atoms with E-state index in [1.165, 1.54) is 24.7 Å². The molecule has 3 heterocycles. The first kappa shape index (κ1) is 21.0. The highest BCUT2D eigenvalue weighted by atomic mass is 32.2. The monoisotopic (exact) mass is 448 g/mol. The van der Waals surface area contributed by atoms with Crippen LogP contribution in [0.4, 0.5) is 11.4 Å². The number of hydrogen-bond donors (Lipinski definition) is 4. The van der Waals surface area contributed by atoms with Crippen LogP contribution < -0.4 is 16.2 Å². The highest BCUT2D eigenvalue weighted by Crippen LogP contribution is 2.32. The lowest BCUT2D eigenvalue weighted by Gasteiger charge is -2.16. The minimum Gasteiger partial charge on any atom is -0.398 e. The molecule has 1 aromatic carbocycles. The fourth-order valence-electron chi connectivity index (χ4n) is 3.26. The summed E-state index contributed by atoms with van der Waals surface area (Å²) in [4.78, 5) is 20.6. The van der Waals surface area contributed by atoms with Crippen molar-refractivity contribution in [1.82, 2.24) is 19.3 Å². The van der Waals surface area contributed by atoms with E-state index in [0.717, 1.165) is 0 Å². The van der Waals surface area contributed by atoms with Gasteiger partial charge in [0.05, 0.1) is 30.3 Å². The quantitative estimate of drug-likeness (QED) is 0.372. The van der Waals surface area contributed by atoms with Crippen molar-refractivity contribution < 1.29 is 27.2 Å². The molecule has 1 amide bonds. The summed E-state index contributed by atoms with van der Waals surface area (Å²) >= 11 is 0. The number of hydrogen-bond acceptors (Lipinski definition) is 10. The van der Waals surface area contributed by atoms with Crippen LogP contribution in [0.5, 0.6) is 0 Å². The maximum atomic E-state index is 12.1. The Hall–Kier alpha value is -3.26. The summed E-state index contributed by atoms with van der Waals surface area (Å²) in [6.07, 6.45) is 0.538. The Bertz CT molecular complexity index is 1230. The van der Waals surface area contributed by atoms with Crippen molar-refractivity contribution >= 4 is 38.7 Å². The second-order valence-corrected chi connectivity index (χ2v) is 8.26. The van der Waals surface area contributed by atoms with Crippen LogP contribution in [0.1, 0.15) is 23.0 Å². The van der Waals surface area contributed by atoms with Gasteiger partial charge in [-0.25, -0.2) is 14.7 Å². The van der Waals surface area contributed by atoms with E-state index in [4.69, 9.17) is 20.4 Å². The first-order chi connectivity index (χ1) is 14.7. The first-order valence-electron chi connectivity index (χ1n) is 9.21. The van der Waals surface area contributed by atoms with Gasteiger partial charge in [-0.3, -0.25) is 13.5 Å². The highest BCUT2D eigenvalue weighted by Gasteiger charge is 2.37. The number of aliphatic hydroxyl groups is 1. The van der Waals surface area contributed by atoms with Gasteiger partial charge in [0.15, 0.2) is 5.65 Å². The van der Waals surface area contributed by atoms with Gasteiger partial charge in [-0.1, -0.05) is 12.1 Å². The maximum absolute atomic E-state index is 12.1. The molecule has 0 aliphatic carbocycles. The van der Waals surface area contributed by atoms with Crippen LogP contribution in [0, 0.1) is 0 Å². The van der Waals surface area contributed by atoms with Gasteiger partial charge in [0, 0.05) is 18.3 Å². The van der Waals surface area contributed by atoms with Crippen LogP contribution in [0.15, 0.2) is 42.9 Å². The molecule has 2 aromatic heterocycles. The van der Waals surface area contributed by atoms with Crippen molar-refractivity contribution in [2.45, 2.75) is 24.9 Å². The topological polar surface area (TPSA) is 185 Å². The molecule has 1 aliphatic heterocycles. The molecule has 31 heavy (non-hydrogen) atoms. The zero-order valence-corrected chi connectivity index (χ0v) is 16.9. The molecule has 3 aromatic rings. The van der Waals surface area contributed by atoms with Crippen LogP contribution in [0.2, 0.25) is 0 Å². The lowest BCUT2D eigenvalue weighted by atomic mass is 10.2. The second kappa shape index (κ2) is 8.11. The Labute approximate surface area is 177 Å². The van der Waals surface area contributed by atoms with Crippen molar-refractivity contribution in [2.24, 2.45) is 0 Å². The first-order valence-corrected chi connectivity index (χ1v) is 10.6. The number of rotatable bonds is 6. The van der Waals surface area contributed by atoms with Crippen molar-refractivity contribution in [2.75, 3.05) is 18.1 Å². The second-order valence-electron chi connectivity index (χ2n) is 6.91. The van der Waals surface area contributed by atoms with Gasteiger partial charge in [-0.05, 0) is 18.2 Å². The highest BCUT2D eigenvalue weighted by molar-refractivity contribution is 7.85. The van der Waals surface area contributed by atoms with Gasteiger partial charge in [0.2, 0.25) is 0 Å². The number of ether oxygens (including phenoxy) is 1. The molecule has 0 spiro atoms. The predicted molar refractivity (Wildman–Crippen MR) is 110 cm³/mol. The SMILES string of the molecule is Nc1ccccc1C(=O)NS(=O)(=O)OC[C@H]1O[C@@H](n2cnc3c(N)ccnc32)C[C@@H]1O. The fourth-order valence-corrected chi connectivity index (χ4v) is 3.97. The fraction of sp³-hybridized carbons (Fsp3) is 0.278. The van der Waals surface area contributed by atoms with Crippen LogP contribution in [0.25, 0.3) is 11.2 Å². The number of aliphatic hydroxyl groups excluding tert-OH is 1. The standard InChI is InChI=1S/C18H20N6O6S/c19-11-4-2-1-3-10(11)18(26)23-31(27,28)29-8-14-13(25)7-15(30-14)24-9-22-16-12(20)5-6-21-17(16)24/h1-6,9,13-15,25H,7-8,19H2,(H2,20,21)(H,23,26)/t13-,14+,15+/m0/s1. The number of nitrogen functional groups attached to an aromatic ring is 2. The van der Waals surface area contributed by atoms with E-state index in [2.05, 4.69) is 9.97 Å². The Morgan fingerprint density at radius 3 is 2.81 bits per heavy atom. The van der Waals surface area contributed by atoms with Crippen molar-refractivity contribution in [3.05, 3.63) is 48.4 Å². The Morgan fingerprint density at radius 1 is 1.26 bits per heavy atom. The molecule has 1 fully saturated rings. The zero-order valence-electron chi connectivity index (χ0n) is 16.1.